The maximum absolute atomic E-state index is 12.1. The molecule has 0 aromatic rings. The summed E-state index contributed by atoms with van der Waals surface area (Å²) in [5.41, 5.74) is 6.03. The molecule has 1 saturated carbocycles. The second-order valence-corrected chi connectivity index (χ2v) is 6.87. The Balaban J connectivity index is 1.97. The molecule has 1 aliphatic heterocycles. The lowest BCUT2D eigenvalue weighted by molar-refractivity contribution is 0.0255. The summed E-state index contributed by atoms with van der Waals surface area (Å²) < 4.78 is 5.44. The van der Waals surface area contributed by atoms with E-state index in [-0.39, 0.29) is 17.6 Å². The Morgan fingerprint density at radius 1 is 1.33 bits per heavy atom. The molecule has 0 aromatic heterocycles. The van der Waals surface area contributed by atoms with Crippen LogP contribution in [0.3, 0.4) is 0 Å². The Morgan fingerprint density at radius 2 is 2.06 bits per heavy atom. The first-order chi connectivity index (χ1) is 8.32. The minimum absolute atomic E-state index is 0.162. The first kappa shape index (κ1) is 13.7. The molecule has 1 aliphatic carbocycles. The van der Waals surface area contributed by atoms with E-state index in [0.29, 0.717) is 0 Å². The summed E-state index contributed by atoms with van der Waals surface area (Å²) in [7, 11) is 0. The van der Waals surface area contributed by atoms with Crippen molar-refractivity contribution in [3.63, 3.8) is 0 Å². The topological polar surface area (TPSA) is 55.6 Å². The highest BCUT2D eigenvalue weighted by molar-refractivity contribution is 5.68. The number of nitrogens with zero attached hydrogens (tertiary/aromatic N) is 1. The standard InChI is InChI=1S/C14H26N2O2/c1-13(2,3)18-12(17)16-9-8-14(10-16)7-5-4-6-11(14)15/h11H,4-10,15H2,1-3H3/t11-,14-/m0/s1. The summed E-state index contributed by atoms with van der Waals surface area (Å²) in [4.78, 5) is 13.9. The van der Waals surface area contributed by atoms with Crippen molar-refractivity contribution in [3.8, 4) is 0 Å². The molecule has 4 nitrogen and oxygen atoms in total. The van der Waals surface area contributed by atoms with Crippen LogP contribution in [0, 0.1) is 5.41 Å². The van der Waals surface area contributed by atoms with Crippen LogP contribution < -0.4 is 5.73 Å². The predicted molar refractivity (Wildman–Crippen MR) is 71.3 cm³/mol. The van der Waals surface area contributed by atoms with Crippen molar-refractivity contribution in [2.45, 2.75) is 64.5 Å². The number of nitrogens with two attached hydrogens (primary N) is 1. The molecule has 18 heavy (non-hydrogen) atoms. The normalized spacial score (nSPS) is 32.9. The lowest BCUT2D eigenvalue weighted by Crippen LogP contribution is -2.47. The molecule has 2 N–H and O–H groups in total. The monoisotopic (exact) mass is 254 g/mol. The van der Waals surface area contributed by atoms with Crippen molar-refractivity contribution < 1.29 is 9.53 Å². The van der Waals surface area contributed by atoms with Gasteiger partial charge < -0.3 is 15.4 Å². The van der Waals surface area contributed by atoms with Crippen LogP contribution in [0.1, 0.15) is 52.9 Å². The van der Waals surface area contributed by atoms with E-state index in [1.54, 1.807) is 0 Å². The van der Waals surface area contributed by atoms with Gasteiger partial charge >= 0.3 is 6.09 Å². The molecule has 104 valence electrons. The van der Waals surface area contributed by atoms with Gasteiger partial charge in [0.15, 0.2) is 0 Å². The molecule has 0 bridgehead atoms. The molecule has 0 unspecified atom stereocenters. The highest BCUT2D eigenvalue weighted by Gasteiger charge is 2.46. The summed E-state index contributed by atoms with van der Waals surface area (Å²) in [5, 5.41) is 0. The fourth-order valence-corrected chi connectivity index (χ4v) is 3.22. The van der Waals surface area contributed by atoms with Crippen molar-refractivity contribution in [1.82, 2.24) is 4.90 Å². The average Bonchev–Trinajstić information content (AvgIpc) is 2.66. The highest BCUT2D eigenvalue weighted by atomic mass is 16.6. The SMILES string of the molecule is CC(C)(C)OC(=O)N1CC[C@@]2(CCCC[C@@H]2N)C1. The van der Waals surface area contributed by atoms with Crippen LogP contribution in [-0.4, -0.2) is 35.7 Å². The number of likely N-dealkylation sites (tertiary alicyclic amines) is 1. The van der Waals surface area contributed by atoms with Crippen LogP contribution in [0.5, 0.6) is 0 Å². The third kappa shape index (κ3) is 2.79. The van der Waals surface area contributed by atoms with Gasteiger partial charge in [-0.3, -0.25) is 0 Å². The van der Waals surface area contributed by atoms with Gasteiger partial charge in [0.25, 0.3) is 0 Å². The maximum Gasteiger partial charge on any atom is 0.410 e. The van der Waals surface area contributed by atoms with Gasteiger partial charge in [0.2, 0.25) is 0 Å². The fourth-order valence-electron chi connectivity index (χ4n) is 3.22. The molecule has 0 radical (unpaired) electrons. The molecule has 1 spiro atoms. The van der Waals surface area contributed by atoms with Crippen molar-refractivity contribution in [3.05, 3.63) is 0 Å². The Hall–Kier alpha value is -0.770. The van der Waals surface area contributed by atoms with Crippen LogP contribution in [0.25, 0.3) is 0 Å². The summed E-state index contributed by atoms with van der Waals surface area (Å²) >= 11 is 0. The van der Waals surface area contributed by atoms with E-state index in [4.69, 9.17) is 10.5 Å². The van der Waals surface area contributed by atoms with Gasteiger partial charge in [0.1, 0.15) is 5.60 Å². The van der Waals surface area contributed by atoms with Crippen molar-refractivity contribution in [2.75, 3.05) is 13.1 Å². The van der Waals surface area contributed by atoms with Crippen molar-refractivity contribution >= 4 is 6.09 Å². The number of carbonyl (C=O) groups is 1. The van der Waals surface area contributed by atoms with E-state index in [2.05, 4.69) is 0 Å². The number of rotatable bonds is 0. The van der Waals surface area contributed by atoms with E-state index >= 15 is 0 Å². The molecule has 1 heterocycles. The molecule has 1 saturated heterocycles. The van der Waals surface area contributed by atoms with Crippen molar-refractivity contribution in [2.24, 2.45) is 11.1 Å². The van der Waals surface area contributed by atoms with E-state index in [9.17, 15) is 4.79 Å². The maximum atomic E-state index is 12.1. The summed E-state index contributed by atoms with van der Waals surface area (Å²) in [5.74, 6) is 0. The third-order valence-electron chi connectivity index (χ3n) is 4.26. The van der Waals surface area contributed by atoms with Gasteiger partial charge in [-0.05, 0) is 40.0 Å². The lowest BCUT2D eigenvalue weighted by atomic mass is 9.70. The zero-order valence-corrected chi connectivity index (χ0v) is 11.9. The molecule has 2 aliphatic rings. The molecule has 2 fully saturated rings. The molecule has 1 amide bonds. The van der Waals surface area contributed by atoms with Crippen LogP contribution in [-0.2, 0) is 4.74 Å². The van der Waals surface area contributed by atoms with Crippen molar-refractivity contribution in [1.29, 1.82) is 0 Å². The number of ether oxygens (including phenoxy) is 1. The van der Waals surface area contributed by atoms with Gasteiger partial charge in [0.05, 0.1) is 0 Å². The second-order valence-electron chi connectivity index (χ2n) is 6.87. The summed E-state index contributed by atoms with van der Waals surface area (Å²) in [6.45, 7) is 7.29. The van der Waals surface area contributed by atoms with Crippen LogP contribution in [0.2, 0.25) is 0 Å². The molecular weight excluding hydrogens is 228 g/mol. The third-order valence-corrected chi connectivity index (χ3v) is 4.26. The Labute approximate surface area is 110 Å². The number of amides is 1. The van der Waals surface area contributed by atoms with E-state index < -0.39 is 5.60 Å². The Bertz CT molecular complexity index is 324. The van der Waals surface area contributed by atoms with E-state index in [1.165, 1.54) is 12.8 Å². The first-order valence-corrected chi connectivity index (χ1v) is 7.06. The zero-order chi connectivity index (χ0) is 13.4. The molecule has 2 rings (SSSR count). The summed E-state index contributed by atoms with van der Waals surface area (Å²) in [6, 6.07) is 0.249. The number of hydrogen-bond acceptors (Lipinski definition) is 3. The second kappa shape index (κ2) is 4.72. The molecule has 0 aromatic carbocycles. The lowest BCUT2D eigenvalue weighted by Gasteiger charge is -2.39. The van der Waals surface area contributed by atoms with Gasteiger partial charge in [-0.15, -0.1) is 0 Å². The van der Waals surface area contributed by atoms with Gasteiger partial charge in [-0.25, -0.2) is 4.79 Å². The van der Waals surface area contributed by atoms with Gasteiger partial charge in [-0.2, -0.15) is 0 Å². The summed E-state index contributed by atoms with van der Waals surface area (Å²) in [6.07, 6.45) is 5.59. The molecular formula is C14H26N2O2. The van der Waals surface area contributed by atoms with E-state index in [0.717, 1.165) is 32.4 Å². The zero-order valence-electron chi connectivity index (χ0n) is 11.9. The minimum Gasteiger partial charge on any atom is -0.444 e. The largest absolute Gasteiger partial charge is 0.444 e. The molecule has 4 heteroatoms. The fraction of sp³-hybridized carbons (Fsp3) is 0.929. The van der Waals surface area contributed by atoms with Crippen LogP contribution in [0.15, 0.2) is 0 Å². The quantitative estimate of drug-likeness (QED) is 0.722. The molecule has 2 atom stereocenters. The van der Waals surface area contributed by atoms with Gasteiger partial charge in [-0.1, -0.05) is 12.8 Å². The van der Waals surface area contributed by atoms with Crippen LogP contribution >= 0.6 is 0 Å². The van der Waals surface area contributed by atoms with E-state index in [1.807, 2.05) is 25.7 Å². The Kier molecular flexibility index (Phi) is 3.58. The highest BCUT2D eigenvalue weighted by Crippen LogP contribution is 2.43. The minimum atomic E-state index is -0.415. The average molecular weight is 254 g/mol. The van der Waals surface area contributed by atoms with Crippen LogP contribution in [0.4, 0.5) is 4.79 Å². The first-order valence-electron chi connectivity index (χ1n) is 7.06. The number of carbonyl (C=O) groups excluding carboxylic acids is 1. The smallest absolute Gasteiger partial charge is 0.410 e. The van der Waals surface area contributed by atoms with Gasteiger partial charge in [0, 0.05) is 24.5 Å². The predicted octanol–water partition coefficient (Wildman–Crippen LogP) is 2.51. The Morgan fingerprint density at radius 3 is 2.67 bits per heavy atom. The number of hydrogen-bond donors (Lipinski definition) is 1.